The normalized spacial score (nSPS) is 14.3. The second-order valence-corrected chi connectivity index (χ2v) is 11.1. The molecule has 1 aliphatic rings. The molecule has 1 amide bonds. The number of hydrogen-bond donors (Lipinski definition) is 3. The van der Waals surface area contributed by atoms with Crippen LogP contribution in [0.25, 0.3) is 55.0 Å². The topological polar surface area (TPSA) is 112 Å². The third kappa shape index (κ3) is 4.70. The molecule has 1 fully saturated rings. The molecule has 7 rings (SSSR count). The minimum Gasteiger partial charge on any atom is -0.338 e. The number of nitrogens with zero attached hydrogens (tertiary/aromatic N) is 4. The van der Waals surface area contributed by atoms with Crippen molar-refractivity contribution in [1.29, 1.82) is 0 Å². The van der Waals surface area contributed by atoms with Gasteiger partial charge in [0.1, 0.15) is 11.3 Å². The van der Waals surface area contributed by atoms with Crippen LogP contribution in [0.15, 0.2) is 66.6 Å². The van der Waals surface area contributed by atoms with Crippen molar-refractivity contribution in [2.45, 2.75) is 38.5 Å². The Labute approximate surface area is 228 Å². The molecule has 3 N–H and O–H groups in total. The van der Waals surface area contributed by atoms with Crippen molar-refractivity contribution in [3.05, 3.63) is 66.6 Å². The van der Waals surface area contributed by atoms with Crippen LogP contribution < -0.4 is 5.32 Å². The van der Waals surface area contributed by atoms with E-state index in [1.165, 1.54) is 24.1 Å². The van der Waals surface area contributed by atoms with Gasteiger partial charge in [0.25, 0.3) is 0 Å². The number of fused-ring (bicyclic) bond motifs is 2. The summed E-state index contributed by atoms with van der Waals surface area (Å²) in [6.07, 6.45) is 13.7. The highest BCUT2D eigenvalue weighted by Crippen LogP contribution is 2.35. The molecule has 9 heteroatoms. The Balaban J connectivity index is 1.19. The second-order valence-electron chi connectivity index (χ2n) is 10.2. The quantitative estimate of drug-likeness (QED) is 0.210. The van der Waals surface area contributed by atoms with Crippen LogP contribution in [0.3, 0.4) is 0 Å². The summed E-state index contributed by atoms with van der Waals surface area (Å²) in [6, 6.07) is 12.3. The molecule has 0 atom stereocenters. The average Bonchev–Trinajstić information content (AvgIpc) is 3.73. The summed E-state index contributed by atoms with van der Waals surface area (Å²) < 4.78 is 0. The standard InChI is InChI=1S/C30H27N7OS/c38-28(11-18-5-2-1-3-6-18)34-20-12-19(15-31-16-20)24-14-23-26(17-33-24)36-37-29(23)25-13-22-21(27-7-4-10-39-27)8-9-32-30(22)35-25/h4,7-10,12-18H,1-3,5-6,11H2,(H,32,35)(H,34,38)(H,36,37). The van der Waals surface area contributed by atoms with Gasteiger partial charge in [0.15, 0.2) is 0 Å². The summed E-state index contributed by atoms with van der Waals surface area (Å²) in [5.41, 5.74) is 6.76. The molecular weight excluding hydrogens is 506 g/mol. The number of pyridine rings is 3. The van der Waals surface area contributed by atoms with Crippen LogP contribution in [0, 0.1) is 5.92 Å². The number of H-pyrrole nitrogens is 2. The van der Waals surface area contributed by atoms with E-state index in [1.54, 1.807) is 29.9 Å². The molecular formula is C30H27N7OS. The first-order valence-electron chi connectivity index (χ1n) is 13.3. The van der Waals surface area contributed by atoms with Gasteiger partial charge in [-0.2, -0.15) is 5.10 Å². The summed E-state index contributed by atoms with van der Waals surface area (Å²) in [7, 11) is 0. The largest absolute Gasteiger partial charge is 0.338 e. The molecule has 0 spiro atoms. The lowest BCUT2D eigenvalue weighted by atomic mass is 9.87. The maximum Gasteiger partial charge on any atom is 0.224 e. The van der Waals surface area contributed by atoms with E-state index in [2.05, 4.69) is 59.0 Å². The molecule has 0 unspecified atom stereocenters. The molecule has 0 aliphatic heterocycles. The third-order valence-corrected chi connectivity index (χ3v) is 8.44. The highest BCUT2D eigenvalue weighted by molar-refractivity contribution is 7.13. The molecule has 0 radical (unpaired) electrons. The second kappa shape index (κ2) is 10.1. The van der Waals surface area contributed by atoms with Gasteiger partial charge in [-0.25, -0.2) is 4.98 Å². The predicted molar refractivity (Wildman–Crippen MR) is 155 cm³/mol. The average molecular weight is 534 g/mol. The fourth-order valence-corrected chi connectivity index (χ4v) is 6.36. The number of aromatic nitrogens is 6. The van der Waals surface area contributed by atoms with Crippen LogP contribution >= 0.6 is 11.3 Å². The number of thiophene rings is 1. The summed E-state index contributed by atoms with van der Waals surface area (Å²) in [5.74, 6) is 0.537. The first-order valence-corrected chi connectivity index (χ1v) is 14.2. The molecule has 1 aliphatic carbocycles. The number of amides is 1. The summed E-state index contributed by atoms with van der Waals surface area (Å²) >= 11 is 1.71. The Morgan fingerprint density at radius 1 is 1.03 bits per heavy atom. The van der Waals surface area contributed by atoms with Gasteiger partial charge in [0.2, 0.25) is 5.91 Å². The molecule has 6 aromatic heterocycles. The number of nitrogens with one attached hydrogen (secondary N) is 3. The number of rotatable bonds is 6. The molecule has 0 bridgehead atoms. The van der Waals surface area contributed by atoms with Crippen LogP contribution in [0.2, 0.25) is 0 Å². The van der Waals surface area contributed by atoms with Gasteiger partial charge in [-0.1, -0.05) is 25.3 Å². The zero-order chi connectivity index (χ0) is 26.2. The van der Waals surface area contributed by atoms with E-state index in [0.717, 1.165) is 63.0 Å². The summed E-state index contributed by atoms with van der Waals surface area (Å²) in [4.78, 5) is 30.9. The first kappa shape index (κ1) is 23.7. The Morgan fingerprint density at radius 2 is 1.95 bits per heavy atom. The summed E-state index contributed by atoms with van der Waals surface area (Å²) in [6.45, 7) is 0. The molecule has 6 aromatic rings. The Morgan fingerprint density at radius 3 is 2.82 bits per heavy atom. The van der Waals surface area contributed by atoms with Gasteiger partial charge in [-0.05, 0) is 54.5 Å². The SMILES string of the molecule is O=C(CC1CCCCC1)Nc1cncc(-c2cc3c(-c4cc5c(-c6cccs6)ccnc5[nH]4)n[nH]c3cn2)c1. The van der Waals surface area contributed by atoms with Crippen molar-refractivity contribution in [3.63, 3.8) is 0 Å². The van der Waals surface area contributed by atoms with Crippen molar-refractivity contribution in [1.82, 2.24) is 30.1 Å². The van der Waals surface area contributed by atoms with Gasteiger partial charge in [0.05, 0.1) is 35.0 Å². The molecule has 8 nitrogen and oxygen atoms in total. The van der Waals surface area contributed by atoms with E-state index in [1.807, 2.05) is 24.4 Å². The molecule has 0 saturated heterocycles. The van der Waals surface area contributed by atoms with Crippen molar-refractivity contribution >= 4 is 44.9 Å². The van der Waals surface area contributed by atoms with Crippen molar-refractivity contribution in [2.75, 3.05) is 5.32 Å². The zero-order valence-electron chi connectivity index (χ0n) is 21.3. The van der Waals surface area contributed by atoms with Gasteiger partial charge in [0, 0.05) is 45.6 Å². The highest BCUT2D eigenvalue weighted by atomic mass is 32.1. The van der Waals surface area contributed by atoms with E-state index < -0.39 is 0 Å². The maximum absolute atomic E-state index is 12.7. The lowest BCUT2D eigenvalue weighted by molar-refractivity contribution is -0.117. The van der Waals surface area contributed by atoms with Crippen LogP contribution in [-0.4, -0.2) is 36.0 Å². The van der Waals surface area contributed by atoms with E-state index in [4.69, 9.17) is 0 Å². The van der Waals surface area contributed by atoms with E-state index in [0.29, 0.717) is 18.0 Å². The Bertz CT molecular complexity index is 1780. The minimum atomic E-state index is 0.0516. The Hall–Kier alpha value is -4.37. The minimum absolute atomic E-state index is 0.0516. The Kier molecular flexibility index (Phi) is 6.13. The van der Waals surface area contributed by atoms with Gasteiger partial charge >= 0.3 is 0 Å². The fraction of sp³-hybridized carbons (Fsp3) is 0.233. The smallest absolute Gasteiger partial charge is 0.224 e. The molecule has 6 heterocycles. The van der Waals surface area contributed by atoms with Crippen LogP contribution in [-0.2, 0) is 4.79 Å². The van der Waals surface area contributed by atoms with Gasteiger partial charge in [-0.15, -0.1) is 11.3 Å². The zero-order valence-corrected chi connectivity index (χ0v) is 22.1. The number of aromatic amines is 2. The van der Waals surface area contributed by atoms with Crippen LogP contribution in [0.1, 0.15) is 38.5 Å². The fourth-order valence-electron chi connectivity index (χ4n) is 5.59. The van der Waals surface area contributed by atoms with E-state index >= 15 is 0 Å². The number of carbonyl (C=O) groups is 1. The molecule has 1 saturated carbocycles. The van der Waals surface area contributed by atoms with Crippen molar-refractivity contribution in [3.8, 4) is 33.1 Å². The number of carbonyl (C=O) groups excluding carboxylic acids is 1. The molecule has 0 aromatic carbocycles. The third-order valence-electron chi connectivity index (χ3n) is 7.54. The summed E-state index contributed by atoms with van der Waals surface area (Å²) in [5, 5.41) is 14.8. The van der Waals surface area contributed by atoms with Crippen LogP contribution in [0.5, 0.6) is 0 Å². The predicted octanol–water partition coefficient (Wildman–Crippen LogP) is 7.20. The highest BCUT2D eigenvalue weighted by Gasteiger charge is 2.18. The first-order chi connectivity index (χ1) is 19.2. The monoisotopic (exact) mass is 533 g/mol. The maximum atomic E-state index is 12.7. The molecule has 39 heavy (non-hydrogen) atoms. The number of anilines is 1. The van der Waals surface area contributed by atoms with Crippen molar-refractivity contribution in [2.24, 2.45) is 5.92 Å². The lowest BCUT2D eigenvalue weighted by Crippen LogP contribution is -2.18. The van der Waals surface area contributed by atoms with Crippen molar-refractivity contribution < 1.29 is 4.79 Å². The molecule has 194 valence electrons. The van der Waals surface area contributed by atoms with Gasteiger partial charge < -0.3 is 10.3 Å². The van der Waals surface area contributed by atoms with E-state index in [-0.39, 0.29) is 5.91 Å². The van der Waals surface area contributed by atoms with E-state index in [9.17, 15) is 4.79 Å². The van der Waals surface area contributed by atoms with Gasteiger partial charge in [-0.3, -0.25) is 19.9 Å². The van der Waals surface area contributed by atoms with Crippen LogP contribution in [0.4, 0.5) is 5.69 Å². The lowest BCUT2D eigenvalue weighted by Gasteiger charge is -2.20. The number of hydrogen-bond acceptors (Lipinski definition) is 6.